The van der Waals surface area contributed by atoms with E-state index in [-0.39, 0.29) is 0 Å². The second-order valence-electron chi connectivity index (χ2n) is 6.00. The molecule has 0 radical (unpaired) electrons. The standard InChI is InChI=1S/C8H10.C8H18/c1-2-8-6-4-3-5-7-8;1-7(2)6-8(3,4)5/h3-7H,2H2,1H3;7H,6H2,1-5H3. The van der Waals surface area contributed by atoms with E-state index in [1.807, 2.05) is 6.07 Å². The van der Waals surface area contributed by atoms with Crippen LogP contribution in [0.5, 0.6) is 0 Å². The molecule has 1 aromatic carbocycles. The second-order valence-corrected chi connectivity index (χ2v) is 6.00. The van der Waals surface area contributed by atoms with E-state index in [1.54, 1.807) is 0 Å². The molecular weight excluding hydrogens is 192 g/mol. The van der Waals surface area contributed by atoms with Crippen LogP contribution in [-0.2, 0) is 6.42 Å². The van der Waals surface area contributed by atoms with Crippen molar-refractivity contribution in [1.29, 1.82) is 0 Å². The molecule has 0 saturated carbocycles. The molecule has 0 aromatic heterocycles. The van der Waals surface area contributed by atoms with Gasteiger partial charge in [0, 0.05) is 0 Å². The third-order valence-electron chi connectivity index (χ3n) is 2.27. The first kappa shape index (κ1) is 15.2. The Labute approximate surface area is 102 Å². The SMILES string of the molecule is CC(C)CC(C)(C)C.CCc1ccccc1. The molecule has 0 aliphatic rings. The summed E-state index contributed by atoms with van der Waals surface area (Å²) in [6.07, 6.45) is 2.47. The summed E-state index contributed by atoms with van der Waals surface area (Å²) in [6, 6.07) is 10.5. The van der Waals surface area contributed by atoms with Gasteiger partial charge in [-0.15, -0.1) is 0 Å². The van der Waals surface area contributed by atoms with Gasteiger partial charge < -0.3 is 0 Å². The molecule has 0 amide bonds. The van der Waals surface area contributed by atoms with Crippen molar-refractivity contribution in [3.63, 3.8) is 0 Å². The van der Waals surface area contributed by atoms with Gasteiger partial charge in [0.25, 0.3) is 0 Å². The maximum Gasteiger partial charge on any atom is -0.0307 e. The van der Waals surface area contributed by atoms with E-state index in [9.17, 15) is 0 Å². The summed E-state index contributed by atoms with van der Waals surface area (Å²) in [6.45, 7) is 13.6. The lowest BCUT2D eigenvalue weighted by Gasteiger charge is -2.19. The van der Waals surface area contributed by atoms with E-state index in [0.29, 0.717) is 5.41 Å². The Bertz CT molecular complexity index is 251. The Balaban J connectivity index is 0.000000281. The topological polar surface area (TPSA) is 0 Å². The van der Waals surface area contributed by atoms with Crippen molar-refractivity contribution in [3.8, 4) is 0 Å². The van der Waals surface area contributed by atoms with Crippen LogP contribution in [0.2, 0.25) is 0 Å². The monoisotopic (exact) mass is 220 g/mol. The summed E-state index contributed by atoms with van der Waals surface area (Å²) in [5.74, 6) is 0.843. The summed E-state index contributed by atoms with van der Waals surface area (Å²) < 4.78 is 0. The minimum absolute atomic E-state index is 0.522. The summed E-state index contributed by atoms with van der Waals surface area (Å²) in [5.41, 5.74) is 1.93. The zero-order chi connectivity index (χ0) is 12.6. The van der Waals surface area contributed by atoms with Crippen molar-refractivity contribution in [2.75, 3.05) is 0 Å². The molecule has 0 unspecified atom stereocenters. The Morgan fingerprint density at radius 3 is 1.69 bits per heavy atom. The Morgan fingerprint density at radius 2 is 1.50 bits per heavy atom. The minimum atomic E-state index is 0.522. The van der Waals surface area contributed by atoms with Crippen LogP contribution in [0.4, 0.5) is 0 Å². The van der Waals surface area contributed by atoms with E-state index >= 15 is 0 Å². The zero-order valence-electron chi connectivity index (χ0n) is 11.9. The van der Waals surface area contributed by atoms with Gasteiger partial charge in [0.1, 0.15) is 0 Å². The Kier molecular flexibility index (Phi) is 7.12. The highest BCUT2D eigenvalue weighted by atomic mass is 14.2. The number of hydrogen-bond donors (Lipinski definition) is 0. The van der Waals surface area contributed by atoms with Crippen LogP contribution in [0, 0.1) is 11.3 Å². The quantitative estimate of drug-likeness (QED) is 0.632. The molecule has 0 aliphatic heterocycles. The minimum Gasteiger partial charge on any atom is -0.0628 e. The first-order valence-electron chi connectivity index (χ1n) is 6.39. The number of aryl methyl sites for hydroxylation is 1. The van der Waals surface area contributed by atoms with Crippen LogP contribution < -0.4 is 0 Å². The molecule has 92 valence electrons. The average Bonchev–Trinajstić information content (AvgIpc) is 2.16. The predicted octanol–water partition coefficient (Wildman–Crippen LogP) is 5.33. The highest BCUT2D eigenvalue weighted by molar-refractivity contribution is 5.13. The van der Waals surface area contributed by atoms with E-state index in [4.69, 9.17) is 0 Å². The van der Waals surface area contributed by atoms with Crippen LogP contribution in [0.1, 0.15) is 53.5 Å². The van der Waals surface area contributed by atoms with Gasteiger partial charge in [-0.25, -0.2) is 0 Å². The van der Waals surface area contributed by atoms with E-state index < -0.39 is 0 Å². The summed E-state index contributed by atoms with van der Waals surface area (Å²) in [7, 11) is 0. The molecule has 1 aromatic rings. The fourth-order valence-electron chi connectivity index (χ4n) is 1.94. The number of rotatable bonds is 2. The normalized spacial score (nSPS) is 10.9. The van der Waals surface area contributed by atoms with Crippen LogP contribution in [0.25, 0.3) is 0 Å². The number of hydrogen-bond acceptors (Lipinski definition) is 0. The maximum absolute atomic E-state index is 2.28. The third-order valence-corrected chi connectivity index (χ3v) is 2.27. The molecule has 0 heterocycles. The molecule has 0 saturated heterocycles. The molecule has 0 nitrogen and oxygen atoms in total. The van der Waals surface area contributed by atoms with Gasteiger partial charge in [0.05, 0.1) is 0 Å². The third kappa shape index (κ3) is 9.76. The van der Waals surface area contributed by atoms with Crippen molar-refractivity contribution in [2.24, 2.45) is 11.3 Å². The van der Waals surface area contributed by atoms with Crippen LogP contribution in [0.3, 0.4) is 0 Å². The van der Waals surface area contributed by atoms with E-state index in [0.717, 1.165) is 12.3 Å². The zero-order valence-corrected chi connectivity index (χ0v) is 11.9. The van der Waals surface area contributed by atoms with E-state index in [1.165, 1.54) is 12.0 Å². The lowest BCUT2D eigenvalue weighted by molar-refractivity contribution is 0.320. The smallest absolute Gasteiger partial charge is 0.0307 e. The molecule has 0 spiro atoms. The van der Waals surface area contributed by atoms with Crippen LogP contribution >= 0.6 is 0 Å². The van der Waals surface area contributed by atoms with E-state index in [2.05, 4.69) is 65.8 Å². The molecule has 0 heteroatoms. The fraction of sp³-hybridized carbons (Fsp3) is 0.625. The highest BCUT2D eigenvalue weighted by Crippen LogP contribution is 2.23. The summed E-state index contributed by atoms with van der Waals surface area (Å²) in [5, 5.41) is 0. The van der Waals surface area contributed by atoms with Crippen molar-refractivity contribution >= 4 is 0 Å². The van der Waals surface area contributed by atoms with Crippen LogP contribution in [0.15, 0.2) is 30.3 Å². The Hall–Kier alpha value is -0.780. The van der Waals surface area contributed by atoms with Gasteiger partial charge in [-0.2, -0.15) is 0 Å². The molecule has 16 heavy (non-hydrogen) atoms. The highest BCUT2D eigenvalue weighted by Gasteiger charge is 2.11. The van der Waals surface area contributed by atoms with Crippen molar-refractivity contribution in [3.05, 3.63) is 35.9 Å². The maximum atomic E-state index is 2.28. The largest absolute Gasteiger partial charge is 0.0628 e. The van der Waals surface area contributed by atoms with Crippen molar-refractivity contribution < 1.29 is 0 Å². The van der Waals surface area contributed by atoms with Gasteiger partial charge >= 0.3 is 0 Å². The molecular formula is C16H28. The first-order valence-corrected chi connectivity index (χ1v) is 6.39. The lowest BCUT2D eigenvalue weighted by atomic mass is 9.86. The molecule has 0 N–H and O–H groups in total. The molecule has 0 aliphatic carbocycles. The van der Waals surface area contributed by atoms with Crippen molar-refractivity contribution in [2.45, 2.75) is 54.4 Å². The van der Waals surface area contributed by atoms with Gasteiger partial charge in [-0.05, 0) is 29.7 Å². The number of benzene rings is 1. The van der Waals surface area contributed by atoms with Gasteiger partial charge in [-0.1, -0.05) is 71.9 Å². The van der Waals surface area contributed by atoms with Gasteiger partial charge in [0.2, 0.25) is 0 Å². The fourth-order valence-corrected chi connectivity index (χ4v) is 1.94. The van der Waals surface area contributed by atoms with Crippen molar-refractivity contribution in [1.82, 2.24) is 0 Å². The summed E-state index contributed by atoms with van der Waals surface area (Å²) in [4.78, 5) is 0. The summed E-state index contributed by atoms with van der Waals surface area (Å²) >= 11 is 0. The van der Waals surface area contributed by atoms with Gasteiger partial charge in [0.15, 0.2) is 0 Å². The molecule has 1 rings (SSSR count). The average molecular weight is 220 g/mol. The Morgan fingerprint density at radius 1 is 1.00 bits per heavy atom. The second kappa shape index (κ2) is 7.49. The predicted molar refractivity (Wildman–Crippen MR) is 74.7 cm³/mol. The first-order chi connectivity index (χ1) is 7.35. The molecule has 0 atom stereocenters. The van der Waals surface area contributed by atoms with Gasteiger partial charge in [-0.3, -0.25) is 0 Å². The van der Waals surface area contributed by atoms with Crippen LogP contribution in [-0.4, -0.2) is 0 Å². The lowest BCUT2D eigenvalue weighted by Crippen LogP contribution is -2.08. The molecule has 0 fully saturated rings. The molecule has 0 bridgehead atoms.